The molecule has 3 unspecified atom stereocenters. The Balaban J connectivity index is 1.40. The first-order valence-electron chi connectivity index (χ1n) is 9.75. The highest BCUT2D eigenvalue weighted by atomic mass is 16.2. The molecule has 27 heavy (non-hydrogen) atoms. The average Bonchev–Trinajstić information content (AvgIpc) is 2.98. The molecule has 1 aromatic rings. The Morgan fingerprint density at radius 2 is 1.56 bits per heavy atom. The van der Waals surface area contributed by atoms with Crippen molar-refractivity contribution in [3.05, 3.63) is 18.5 Å². The molecule has 0 N–H and O–H groups in total. The number of anilines is 1. The Morgan fingerprint density at radius 3 is 2.11 bits per heavy atom. The summed E-state index contributed by atoms with van der Waals surface area (Å²) in [4.78, 5) is 51.9. The van der Waals surface area contributed by atoms with Gasteiger partial charge in [-0.3, -0.25) is 19.3 Å². The van der Waals surface area contributed by atoms with Crippen LogP contribution in [0.5, 0.6) is 0 Å². The number of carbonyl (C=O) groups is 3. The summed E-state index contributed by atoms with van der Waals surface area (Å²) >= 11 is 0. The minimum Gasteiger partial charge on any atom is -0.337 e. The number of fused-ring (bicyclic) bond motifs is 1. The van der Waals surface area contributed by atoms with Crippen LogP contribution in [0.15, 0.2) is 18.5 Å². The zero-order valence-corrected chi connectivity index (χ0v) is 15.6. The van der Waals surface area contributed by atoms with E-state index in [1.807, 2.05) is 4.90 Å². The molecule has 0 aromatic carbocycles. The van der Waals surface area contributed by atoms with Crippen molar-refractivity contribution in [1.29, 1.82) is 0 Å². The first kappa shape index (κ1) is 17.9. The molecular weight excluding hydrogens is 346 g/mol. The molecule has 1 saturated carbocycles. The van der Waals surface area contributed by atoms with Gasteiger partial charge in [0, 0.05) is 38.6 Å². The lowest BCUT2D eigenvalue weighted by Crippen LogP contribution is -2.55. The highest BCUT2D eigenvalue weighted by molar-refractivity contribution is 6.08. The molecule has 0 radical (unpaired) electrons. The van der Waals surface area contributed by atoms with Crippen LogP contribution < -0.4 is 4.90 Å². The Hall–Kier alpha value is -2.51. The van der Waals surface area contributed by atoms with Gasteiger partial charge in [0.1, 0.15) is 6.04 Å². The highest BCUT2D eigenvalue weighted by Gasteiger charge is 2.51. The van der Waals surface area contributed by atoms with Crippen LogP contribution >= 0.6 is 0 Å². The molecule has 3 amide bonds. The van der Waals surface area contributed by atoms with Crippen LogP contribution in [0.2, 0.25) is 0 Å². The molecule has 144 valence electrons. The topological polar surface area (TPSA) is 86.7 Å². The van der Waals surface area contributed by atoms with Crippen molar-refractivity contribution in [2.24, 2.45) is 11.8 Å². The summed E-state index contributed by atoms with van der Waals surface area (Å²) in [5, 5.41) is 0. The zero-order valence-electron chi connectivity index (χ0n) is 15.6. The number of likely N-dealkylation sites (tertiary alicyclic amines) is 1. The van der Waals surface area contributed by atoms with E-state index >= 15 is 0 Å². The number of rotatable bonds is 3. The number of hydrogen-bond acceptors (Lipinski definition) is 6. The van der Waals surface area contributed by atoms with Crippen molar-refractivity contribution >= 4 is 23.7 Å². The van der Waals surface area contributed by atoms with Crippen molar-refractivity contribution in [2.75, 3.05) is 31.1 Å². The second kappa shape index (κ2) is 7.25. The van der Waals surface area contributed by atoms with E-state index in [9.17, 15) is 14.4 Å². The van der Waals surface area contributed by atoms with Gasteiger partial charge in [-0.1, -0.05) is 12.8 Å². The van der Waals surface area contributed by atoms with Crippen molar-refractivity contribution in [3.63, 3.8) is 0 Å². The second-order valence-corrected chi connectivity index (χ2v) is 7.58. The van der Waals surface area contributed by atoms with E-state index in [1.54, 1.807) is 30.3 Å². The first-order chi connectivity index (χ1) is 13.1. The van der Waals surface area contributed by atoms with E-state index in [1.165, 1.54) is 4.90 Å². The lowest BCUT2D eigenvalue weighted by Gasteiger charge is -2.37. The van der Waals surface area contributed by atoms with Gasteiger partial charge >= 0.3 is 0 Å². The Bertz CT molecular complexity index is 708. The molecule has 2 saturated heterocycles. The minimum absolute atomic E-state index is 0.149. The Kier molecular flexibility index (Phi) is 4.80. The van der Waals surface area contributed by atoms with Crippen LogP contribution in [0.3, 0.4) is 0 Å². The molecule has 3 fully saturated rings. The molecule has 3 atom stereocenters. The van der Waals surface area contributed by atoms with Crippen LogP contribution in [0.1, 0.15) is 32.6 Å². The lowest BCUT2D eigenvalue weighted by atomic mass is 9.81. The van der Waals surface area contributed by atoms with Crippen molar-refractivity contribution in [3.8, 4) is 0 Å². The molecule has 3 aliphatic rings. The average molecular weight is 371 g/mol. The van der Waals surface area contributed by atoms with E-state index in [-0.39, 0.29) is 29.6 Å². The predicted octanol–water partition coefficient (Wildman–Crippen LogP) is 0.689. The number of nitrogens with zero attached hydrogens (tertiary/aromatic N) is 5. The van der Waals surface area contributed by atoms with Crippen LogP contribution in [0, 0.1) is 11.8 Å². The molecular formula is C19H25N5O3. The normalized spacial score (nSPS) is 26.9. The molecule has 4 rings (SSSR count). The maximum absolute atomic E-state index is 13.0. The Morgan fingerprint density at radius 1 is 1.00 bits per heavy atom. The molecule has 1 aliphatic carbocycles. The summed E-state index contributed by atoms with van der Waals surface area (Å²) < 4.78 is 0. The maximum Gasteiger partial charge on any atom is 0.245 e. The number of imide groups is 1. The summed E-state index contributed by atoms with van der Waals surface area (Å²) in [6.45, 7) is 4.02. The van der Waals surface area contributed by atoms with E-state index in [0.717, 1.165) is 25.7 Å². The number of hydrogen-bond donors (Lipinski definition) is 0. The molecule has 0 spiro atoms. The van der Waals surface area contributed by atoms with E-state index < -0.39 is 6.04 Å². The third-order valence-corrected chi connectivity index (χ3v) is 6.05. The third kappa shape index (κ3) is 3.17. The zero-order chi connectivity index (χ0) is 19.0. The molecule has 3 heterocycles. The van der Waals surface area contributed by atoms with E-state index in [4.69, 9.17) is 0 Å². The summed E-state index contributed by atoms with van der Waals surface area (Å²) in [6.07, 6.45) is 6.91. The van der Waals surface area contributed by atoms with Gasteiger partial charge in [0.05, 0.1) is 11.8 Å². The number of piperazine rings is 1. The number of aromatic nitrogens is 2. The SMILES string of the molecule is CC(C(=O)N1CCN(c2ncccn2)CC1)N1C(=O)C2CCCCC2C1=O. The number of carbonyl (C=O) groups excluding carboxylic acids is 3. The van der Waals surface area contributed by atoms with E-state index in [0.29, 0.717) is 32.1 Å². The van der Waals surface area contributed by atoms with E-state index in [2.05, 4.69) is 9.97 Å². The van der Waals surface area contributed by atoms with Gasteiger partial charge in [-0.25, -0.2) is 9.97 Å². The Labute approximate surface area is 158 Å². The van der Waals surface area contributed by atoms with Crippen LogP contribution in [-0.4, -0.2) is 69.7 Å². The van der Waals surface area contributed by atoms with Crippen LogP contribution in [0.25, 0.3) is 0 Å². The lowest BCUT2D eigenvalue weighted by molar-refractivity contribution is -0.151. The van der Waals surface area contributed by atoms with Crippen molar-refractivity contribution in [2.45, 2.75) is 38.6 Å². The van der Waals surface area contributed by atoms with Gasteiger partial charge in [-0.15, -0.1) is 0 Å². The van der Waals surface area contributed by atoms with Gasteiger partial charge < -0.3 is 9.80 Å². The van der Waals surface area contributed by atoms with Crippen molar-refractivity contribution < 1.29 is 14.4 Å². The summed E-state index contributed by atoms with van der Waals surface area (Å²) in [5.74, 6) is -0.221. The fourth-order valence-electron chi connectivity index (χ4n) is 4.53. The summed E-state index contributed by atoms with van der Waals surface area (Å²) in [5.41, 5.74) is 0. The largest absolute Gasteiger partial charge is 0.337 e. The monoisotopic (exact) mass is 371 g/mol. The smallest absolute Gasteiger partial charge is 0.245 e. The standard InChI is InChI=1S/C19H25N5O3/c1-13(24-17(26)14-5-2-3-6-15(14)18(24)27)16(25)22-9-11-23(12-10-22)19-20-7-4-8-21-19/h4,7-8,13-15H,2-3,5-6,9-12H2,1H3. The molecule has 8 nitrogen and oxygen atoms in total. The summed E-state index contributed by atoms with van der Waals surface area (Å²) in [7, 11) is 0. The van der Waals surface area contributed by atoms with Crippen molar-refractivity contribution in [1.82, 2.24) is 19.8 Å². The number of amides is 3. The van der Waals surface area contributed by atoms with Gasteiger partial charge in [0.15, 0.2) is 0 Å². The van der Waals surface area contributed by atoms with Crippen LogP contribution in [-0.2, 0) is 14.4 Å². The van der Waals surface area contributed by atoms with Gasteiger partial charge in [0.2, 0.25) is 23.7 Å². The fourth-order valence-corrected chi connectivity index (χ4v) is 4.53. The van der Waals surface area contributed by atoms with Gasteiger partial charge in [-0.2, -0.15) is 0 Å². The minimum atomic E-state index is -0.727. The quantitative estimate of drug-likeness (QED) is 0.727. The van der Waals surface area contributed by atoms with Crippen LogP contribution in [0.4, 0.5) is 5.95 Å². The first-order valence-corrected chi connectivity index (χ1v) is 9.75. The summed E-state index contributed by atoms with van der Waals surface area (Å²) in [6, 6.07) is 1.04. The maximum atomic E-state index is 13.0. The molecule has 8 heteroatoms. The van der Waals surface area contributed by atoms with Gasteiger partial charge in [-0.05, 0) is 25.8 Å². The molecule has 2 aliphatic heterocycles. The molecule has 0 bridgehead atoms. The van der Waals surface area contributed by atoms with Gasteiger partial charge in [0.25, 0.3) is 0 Å². The predicted molar refractivity (Wildman–Crippen MR) is 97.6 cm³/mol. The third-order valence-electron chi connectivity index (χ3n) is 6.05. The second-order valence-electron chi connectivity index (χ2n) is 7.58. The fraction of sp³-hybridized carbons (Fsp3) is 0.632. The molecule has 1 aromatic heterocycles. The highest BCUT2D eigenvalue weighted by Crippen LogP contribution is 2.39.